The van der Waals surface area contributed by atoms with Gasteiger partial charge in [0.25, 0.3) is 0 Å². The molecule has 0 spiro atoms. The summed E-state index contributed by atoms with van der Waals surface area (Å²) in [6, 6.07) is 0. The lowest BCUT2D eigenvalue weighted by atomic mass is 10.1. The number of hydrogen-bond donors (Lipinski definition) is 1. The summed E-state index contributed by atoms with van der Waals surface area (Å²) in [6.07, 6.45) is 1.08. The van der Waals surface area contributed by atoms with E-state index in [9.17, 15) is 8.42 Å². The molecule has 78 valence electrons. The summed E-state index contributed by atoms with van der Waals surface area (Å²) in [7, 11) is -1.02. The van der Waals surface area contributed by atoms with Gasteiger partial charge in [-0.05, 0) is 25.9 Å². The van der Waals surface area contributed by atoms with Gasteiger partial charge in [-0.3, -0.25) is 0 Å². The summed E-state index contributed by atoms with van der Waals surface area (Å²) in [5.41, 5.74) is 0. The van der Waals surface area contributed by atoms with Gasteiger partial charge in [0.2, 0.25) is 10.0 Å². The molecule has 1 fully saturated rings. The van der Waals surface area contributed by atoms with Crippen molar-refractivity contribution in [2.24, 2.45) is 5.92 Å². The van der Waals surface area contributed by atoms with Crippen LogP contribution in [0.1, 0.15) is 6.42 Å². The van der Waals surface area contributed by atoms with Gasteiger partial charge < -0.3 is 4.90 Å². The Balaban J connectivity index is 2.27. The third-order valence-electron chi connectivity index (χ3n) is 2.22. The van der Waals surface area contributed by atoms with Crippen molar-refractivity contribution in [3.63, 3.8) is 0 Å². The van der Waals surface area contributed by atoms with Crippen LogP contribution in [0.25, 0.3) is 0 Å². The number of halogens is 1. The topological polar surface area (TPSA) is 49.4 Å². The molecule has 1 heterocycles. The second-order valence-corrected chi connectivity index (χ2v) is 6.60. The molecule has 1 N–H and O–H groups in total. The van der Waals surface area contributed by atoms with Gasteiger partial charge in [0.05, 0.1) is 0 Å². The highest BCUT2D eigenvalue weighted by molar-refractivity contribution is 9.10. The SMILES string of the molecule is CN1CCC(CNS(=O)(=O)CBr)C1. The number of alkyl halides is 1. The van der Waals surface area contributed by atoms with Crippen molar-refractivity contribution in [2.45, 2.75) is 6.42 Å². The van der Waals surface area contributed by atoms with Crippen molar-refractivity contribution >= 4 is 26.0 Å². The van der Waals surface area contributed by atoms with Crippen LogP contribution in [0.3, 0.4) is 0 Å². The Morgan fingerprint density at radius 2 is 2.31 bits per heavy atom. The van der Waals surface area contributed by atoms with E-state index in [2.05, 4.69) is 32.6 Å². The van der Waals surface area contributed by atoms with E-state index in [1.807, 2.05) is 0 Å². The summed E-state index contributed by atoms with van der Waals surface area (Å²) in [5, 5.41) is 0. The second-order valence-electron chi connectivity index (χ2n) is 3.49. The van der Waals surface area contributed by atoms with Crippen LogP contribution in [0.5, 0.6) is 0 Å². The van der Waals surface area contributed by atoms with Crippen LogP contribution in [0.4, 0.5) is 0 Å². The molecule has 1 saturated heterocycles. The molecule has 0 bridgehead atoms. The molecule has 1 aliphatic heterocycles. The minimum absolute atomic E-state index is 0.0113. The molecule has 1 aliphatic rings. The first-order valence-corrected chi connectivity index (χ1v) is 7.03. The predicted octanol–water partition coefficient (Wildman–Crippen LogP) is 0.210. The lowest BCUT2D eigenvalue weighted by Crippen LogP contribution is -2.30. The molecule has 0 aromatic carbocycles. The minimum atomic E-state index is -3.08. The Kier molecular flexibility index (Phi) is 4.15. The number of nitrogens with one attached hydrogen (secondary N) is 1. The van der Waals surface area contributed by atoms with Crippen molar-refractivity contribution in [3.8, 4) is 0 Å². The molecule has 6 heteroatoms. The zero-order valence-corrected chi connectivity index (χ0v) is 10.1. The lowest BCUT2D eigenvalue weighted by Gasteiger charge is -2.10. The Morgan fingerprint density at radius 3 is 2.77 bits per heavy atom. The summed E-state index contributed by atoms with van der Waals surface area (Å²) < 4.78 is 24.7. The van der Waals surface area contributed by atoms with Crippen molar-refractivity contribution < 1.29 is 8.42 Å². The van der Waals surface area contributed by atoms with Crippen LogP contribution < -0.4 is 4.72 Å². The normalized spacial score (nSPS) is 25.2. The number of nitrogens with zero attached hydrogens (tertiary/aromatic N) is 1. The van der Waals surface area contributed by atoms with Crippen LogP contribution in [-0.4, -0.2) is 44.7 Å². The maximum Gasteiger partial charge on any atom is 0.221 e. The average Bonchev–Trinajstić information content (AvgIpc) is 2.48. The van der Waals surface area contributed by atoms with Gasteiger partial charge in [-0.2, -0.15) is 0 Å². The molecule has 0 radical (unpaired) electrons. The fraction of sp³-hybridized carbons (Fsp3) is 1.00. The predicted molar refractivity (Wildman–Crippen MR) is 56.3 cm³/mol. The summed E-state index contributed by atoms with van der Waals surface area (Å²) in [6.45, 7) is 2.63. The molecule has 13 heavy (non-hydrogen) atoms. The fourth-order valence-electron chi connectivity index (χ4n) is 1.48. The molecule has 0 aliphatic carbocycles. The van der Waals surface area contributed by atoms with Crippen molar-refractivity contribution in [1.29, 1.82) is 0 Å². The monoisotopic (exact) mass is 270 g/mol. The van der Waals surface area contributed by atoms with Crippen LogP contribution in [0, 0.1) is 5.92 Å². The molecule has 4 nitrogen and oxygen atoms in total. The number of likely N-dealkylation sites (tertiary alicyclic amines) is 1. The van der Waals surface area contributed by atoms with Gasteiger partial charge in [0.15, 0.2) is 0 Å². The lowest BCUT2D eigenvalue weighted by molar-refractivity contribution is 0.394. The first kappa shape index (κ1) is 11.4. The van der Waals surface area contributed by atoms with E-state index in [-0.39, 0.29) is 4.66 Å². The van der Waals surface area contributed by atoms with Crippen molar-refractivity contribution in [3.05, 3.63) is 0 Å². The Hall–Kier alpha value is 0.350. The van der Waals surface area contributed by atoms with Crippen LogP contribution >= 0.6 is 15.9 Å². The average molecular weight is 271 g/mol. The summed E-state index contributed by atoms with van der Waals surface area (Å²) in [5.74, 6) is 0.471. The molecule has 1 atom stereocenters. The largest absolute Gasteiger partial charge is 0.306 e. The van der Waals surface area contributed by atoms with Gasteiger partial charge in [-0.1, -0.05) is 15.9 Å². The highest BCUT2D eigenvalue weighted by Crippen LogP contribution is 2.13. The third kappa shape index (κ3) is 3.93. The molecular formula is C7H15BrN2O2S. The van der Waals surface area contributed by atoms with Gasteiger partial charge in [0.1, 0.15) is 4.66 Å². The molecule has 0 aromatic heterocycles. The van der Waals surface area contributed by atoms with E-state index in [4.69, 9.17) is 0 Å². The molecule has 0 aromatic rings. The second kappa shape index (κ2) is 4.72. The Bertz CT molecular complexity index is 255. The number of hydrogen-bond acceptors (Lipinski definition) is 3. The highest BCUT2D eigenvalue weighted by Gasteiger charge is 2.20. The van der Waals surface area contributed by atoms with Gasteiger partial charge in [-0.15, -0.1) is 0 Å². The van der Waals surface area contributed by atoms with E-state index in [0.717, 1.165) is 19.5 Å². The first-order valence-electron chi connectivity index (χ1n) is 4.25. The van der Waals surface area contributed by atoms with E-state index >= 15 is 0 Å². The van der Waals surface area contributed by atoms with E-state index in [1.54, 1.807) is 0 Å². The maximum absolute atomic E-state index is 11.1. The first-order chi connectivity index (χ1) is 6.03. The van der Waals surface area contributed by atoms with Gasteiger partial charge >= 0.3 is 0 Å². The van der Waals surface area contributed by atoms with Crippen LogP contribution in [-0.2, 0) is 10.0 Å². The zero-order valence-electron chi connectivity index (χ0n) is 7.66. The fourth-order valence-corrected chi connectivity index (χ4v) is 2.53. The quantitative estimate of drug-likeness (QED) is 0.744. The third-order valence-corrected chi connectivity index (χ3v) is 4.93. The maximum atomic E-state index is 11.1. The summed E-state index contributed by atoms with van der Waals surface area (Å²) >= 11 is 2.93. The molecular weight excluding hydrogens is 256 g/mol. The van der Waals surface area contributed by atoms with Gasteiger partial charge in [0, 0.05) is 13.1 Å². The highest BCUT2D eigenvalue weighted by atomic mass is 79.9. The minimum Gasteiger partial charge on any atom is -0.306 e. The van der Waals surface area contributed by atoms with Crippen LogP contribution in [0.15, 0.2) is 0 Å². The molecule has 0 saturated carbocycles. The standard InChI is InChI=1S/C7H15BrN2O2S/c1-10-3-2-7(5-10)4-9-13(11,12)6-8/h7,9H,2-6H2,1H3. The molecule has 1 rings (SSSR count). The van der Waals surface area contributed by atoms with E-state index < -0.39 is 10.0 Å². The molecule has 0 amide bonds. The molecule has 1 unspecified atom stereocenters. The van der Waals surface area contributed by atoms with Crippen molar-refractivity contribution in [2.75, 3.05) is 31.3 Å². The Labute approximate surface area is 87.9 Å². The Morgan fingerprint density at radius 1 is 1.62 bits per heavy atom. The van der Waals surface area contributed by atoms with Crippen LogP contribution in [0.2, 0.25) is 0 Å². The number of rotatable bonds is 4. The van der Waals surface area contributed by atoms with Gasteiger partial charge in [-0.25, -0.2) is 13.1 Å². The smallest absolute Gasteiger partial charge is 0.221 e. The zero-order chi connectivity index (χ0) is 9.90. The van der Waals surface area contributed by atoms with E-state index in [0.29, 0.717) is 12.5 Å². The van der Waals surface area contributed by atoms with Crippen molar-refractivity contribution in [1.82, 2.24) is 9.62 Å². The summed E-state index contributed by atoms with van der Waals surface area (Å²) in [4.78, 5) is 2.22. The van der Waals surface area contributed by atoms with E-state index in [1.165, 1.54) is 0 Å². The number of sulfonamides is 1.